The third-order valence-corrected chi connectivity index (χ3v) is 3.07. The molecule has 2 aromatic rings. The van der Waals surface area contributed by atoms with E-state index in [1.165, 1.54) is 11.1 Å². The quantitative estimate of drug-likeness (QED) is 0.789. The van der Waals surface area contributed by atoms with Crippen LogP contribution >= 0.6 is 0 Å². The smallest absolute Gasteiger partial charge is 0.115 e. The molecular weight excluding hydrogens is 222 g/mol. The molecule has 0 saturated heterocycles. The predicted molar refractivity (Wildman–Crippen MR) is 74.7 cm³/mol. The summed E-state index contributed by atoms with van der Waals surface area (Å²) in [5.41, 5.74) is 3.84. The van der Waals surface area contributed by atoms with Crippen molar-refractivity contribution in [2.45, 2.75) is 19.9 Å². The molecule has 0 fully saturated rings. The fourth-order valence-corrected chi connectivity index (χ4v) is 2.01. The number of rotatable bonds is 5. The van der Waals surface area contributed by atoms with E-state index in [4.69, 9.17) is 0 Å². The van der Waals surface area contributed by atoms with Gasteiger partial charge in [0.15, 0.2) is 0 Å². The highest BCUT2D eigenvalue weighted by Gasteiger charge is 1.97. The molecular formula is C16H19NO. The number of nitrogens with one attached hydrogen (secondary N) is 1. The highest BCUT2D eigenvalue weighted by molar-refractivity contribution is 5.27. The van der Waals surface area contributed by atoms with E-state index >= 15 is 0 Å². The second kappa shape index (κ2) is 6.22. The Morgan fingerprint density at radius 3 is 2.67 bits per heavy atom. The monoisotopic (exact) mass is 241 g/mol. The van der Waals surface area contributed by atoms with E-state index in [1.807, 2.05) is 12.1 Å². The van der Waals surface area contributed by atoms with Crippen LogP contribution in [0.15, 0.2) is 48.5 Å². The molecule has 2 aromatic carbocycles. The lowest BCUT2D eigenvalue weighted by atomic mass is 10.1. The first-order valence-electron chi connectivity index (χ1n) is 6.29. The van der Waals surface area contributed by atoms with Gasteiger partial charge in [0.2, 0.25) is 0 Å². The van der Waals surface area contributed by atoms with Crippen LogP contribution in [0.1, 0.15) is 16.7 Å². The summed E-state index contributed by atoms with van der Waals surface area (Å²) in [6.45, 7) is 3.88. The second-order valence-electron chi connectivity index (χ2n) is 4.52. The maximum absolute atomic E-state index is 9.36. The van der Waals surface area contributed by atoms with Crippen molar-refractivity contribution in [3.05, 3.63) is 65.2 Å². The van der Waals surface area contributed by atoms with Crippen LogP contribution in [-0.4, -0.2) is 11.7 Å². The first kappa shape index (κ1) is 12.7. The molecule has 2 nitrogen and oxygen atoms in total. The average Bonchev–Trinajstić information content (AvgIpc) is 2.37. The number of aryl methyl sites for hydroxylation is 1. The van der Waals surface area contributed by atoms with Crippen molar-refractivity contribution in [1.29, 1.82) is 0 Å². The normalized spacial score (nSPS) is 10.5. The van der Waals surface area contributed by atoms with Crippen LogP contribution in [0.25, 0.3) is 0 Å². The fraction of sp³-hybridized carbons (Fsp3) is 0.250. The van der Waals surface area contributed by atoms with Gasteiger partial charge in [0, 0.05) is 6.54 Å². The van der Waals surface area contributed by atoms with Crippen LogP contribution in [0.5, 0.6) is 5.75 Å². The van der Waals surface area contributed by atoms with Gasteiger partial charge < -0.3 is 10.4 Å². The van der Waals surface area contributed by atoms with E-state index in [0.717, 1.165) is 25.1 Å². The Hall–Kier alpha value is -1.80. The molecule has 0 aliphatic carbocycles. The lowest BCUT2D eigenvalue weighted by Gasteiger charge is -2.07. The van der Waals surface area contributed by atoms with Crippen molar-refractivity contribution in [2.75, 3.05) is 6.54 Å². The van der Waals surface area contributed by atoms with Gasteiger partial charge in [-0.05, 0) is 48.7 Å². The van der Waals surface area contributed by atoms with E-state index in [9.17, 15) is 5.11 Å². The van der Waals surface area contributed by atoms with Crippen molar-refractivity contribution in [2.24, 2.45) is 0 Å². The van der Waals surface area contributed by atoms with Crippen LogP contribution in [0.2, 0.25) is 0 Å². The summed E-state index contributed by atoms with van der Waals surface area (Å²) in [6, 6.07) is 15.8. The molecule has 94 valence electrons. The first-order chi connectivity index (χ1) is 8.75. The van der Waals surface area contributed by atoms with Crippen LogP contribution in [0, 0.1) is 6.92 Å². The Bertz CT molecular complexity index is 508. The summed E-state index contributed by atoms with van der Waals surface area (Å²) in [5.74, 6) is 0.327. The fourth-order valence-electron chi connectivity index (χ4n) is 2.01. The summed E-state index contributed by atoms with van der Waals surface area (Å²) in [7, 11) is 0. The Balaban J connectivity index is 1.78. The van der Waals surface area contributed by atoms with E-state index in [-0.39, 0.29) is 0 Å². The molecule has 0 aliphatic heterocycles. The number of phenolic OH excluding ortho intramolecular Hbond substituents is 1. The van der Waals surface area contributed by atoms with Gasteiger partial charge in [-0.1, -0.05) is 36.4 Å². The van der Waals surface area contributed by atoms with Gasteiger partial charge >= 0.3 is 0 Å². The molecule has 2 rings (SSSR count). The molecule has 0 amide bonds. The summed E-state index contributed by atoms with van der Waals surface area (Å²) in [6.07, 6.45) is 1.03. The zero-order chi connectivity index (χ0) is 12.8. The molecule has 0 heterocycles. The molecule has 0 atom stereocenters. The Morgan fingerprint density at radius 2 is 1.89 bits per heavy atom. The zero-order valence-electron chi connectivity index (χ0n) is 10.7. The highest BCUT2D eigenvalue weighted by Crippen LogP contribution is 2.10. The van der Waals surface area contributed by atoms with Gasteiger partial charge in [-0.15, -0.1) is 0 Å². The number of hydrogen-bond acceptors (Lipinski definition) is 2. The van der Waals surface area contributed by atoms with Gasteiger partial charge in [-0.3, -0.25) is 0 Å². The molecule has 18 heavy (non-hydrogen) atoms. The molecule has 0 saturated carbocycles. The summed E-state index contributed by atoms with van der Waals surface area (Å²) in [5, 5.41) is 12.7. The predicted octanol–water partition coefficient (Wildman–Crippen LogP) is 3.03. The molecule has 0 spiro atoms. The van der Waals surface area contributed by atoms with Crippen molar-refractivity contribution in [3.8, 4) is 5.75 Å². The van der Waals surface area contributed by atoms with Crippen molar-refractivity contribution in [3.63, 3.8) is 0 Å². The van der Waals surface area contributed by atoms with Gasteiger partial charge in [0.1, 0.15) is 5.75 Å². The van der Waals surface area contributed by atoms with Gasteiger partial charge in [0.25, 0.3) is 0 Å². The Labute approximate surface area is 108 Å². The number of benzene rings is 2. The van der Waals surface area contributed by atoms with Gasteiger partial charge in [-0.2, -0.15) is 0 Å². The standard InChI is InChI=1S/C16H19NO/c1-13-5-2-3-7-15(13)9-10-17-12-14-6-4-8-16(18)11-14/h2-8,11,17-18H,9-10,12H2,1H3. The molecule has 0 unspecified atom stereocenters. The minimum absolute atomic E-state index is 0.327. The van der Waals surface area contributed by atoms with Crippen molar-refractivity contribution < 1.29 is 5.11 Å². The van der Waals surface area contributed by atoms with Gasteiger partial charge in [0.05, 0.1) is 0 Å². The zero-order valence-corrected chi connectivity index (χ0v) is 10.7. The molecule has 0 aromatic heterocycles. The summed E-state index contributed by atoms with van der Waals surface area (Å²) >= 11 is 0. The van der Waals surface area contributed by atoms with Crippen LogP contribution in [0.4, 0.5) is 0 Å². The molecule has 2 heteroatoms. The summed E-state index contributed by atoms with van der Waals surface area (Å²) < 4.78 is 0. The van der Waals surface area contributed by atoms with Crippen LogP contribution in [0.3, 0.4) is 0 Å². The van der Waals surface area contributed by atoms with Crippen molar-refractivity contribution >= 4 is 0 Å². The maximum atomic E-state index is 9.36. The van der Waals surface area contributed by atoms with Crippen LogP contribution in [-0.2, 0) is 13.0 Å². The van der Waals surface area contributed by atoms with E-state index in [2.05, 4.69) is 36.5 Å². The molecule has 0 aliphatic rings. The molecule has 0 bridgehead atoms. The first-order valence-corrected chi connectivity index (χ1v) is 6.29. The molecule has 0 radical (unpaired) electrons. The third-order valence-electron chi connectivity index (χ3n) is 3.07. The maximum Gasteiger partial charge on any atom is 0.115 e. The summed E-state index contributed by atoms with van der Waals surface area (Å²) in [4.78, 5) is 0. The average molecular weight is 241 g/mol. The van der Waals surface area contributed by atoms with E-state index < -0.39 is 0 Å². The number of phenols is 1. The highest BCUT2D eigenvalue weighted by atomic mass is 16.3. The van der Waals surface area contributed by atoms with E-state index in [0.29, 0.717) is 5.75 Å². The molecule has 2 N–H and O–H groups in total. The largest absolute Gasteiger partial charge is 0.508 e. The second-order valence-corrected chi connectivity index (χ2v) is 4.52. The minimum Gasteiger partial charge on any atom is -0.508 e. The minimum atomic E-state index is 0.327. The lowest BCUT2D eigenvalue weighted by molar-refractivity contribution is 0.474. The topological polar surface area (TPSA) is 32.3 Å². The third kappa shape index (κ3) is 3.60. The number of aromatic hydroxyl groups is 1. The number of hydrogen-bond donors (Lipinski definition) is 2. The SMILES string of the molecule is Cc1ccccc1CCNCc1cccc(O)c1. The Kier molecular flexibility index (Phi) is 4.37. The lowest BCUT2D eigenvalue weighted by Crippen LogP contribution is -2.16. The van der Waals surface area contributed by atoms with E-state index in [1.54, 1.807) is 12.1 Å². The Morgan fingerprint density at radius 1 is 1.06 bits per heavy atom. The van der Waals surface area contributed by atoms with Crippen LogP contribution < -0.4 is 5.32 Å². The van der Waals surface area contributed by atoms with Crippen molar-refractivity contribution in [1.82, 2.24) is 5.32 Å². The van der Waals surface area contributed by atoms with Gasteiger partial charge in [-0.25, -0.2) is 0 Å².